The fourth-order valence-corrected chi connectivity index (χ4v) is 1.73. The van der Waals surface area contributed by atoms with Crippen molar-refractivity contribution < 1.29 is 9.53 Å². The predicted octanol–water partition coefficient (Wildman–Crippen LogP) is 2.72. The van der Waals surface area contributed by atoms with Crippen LogP contribution in [0.15, 0.2) is 17.5 Å². The number of hydrazone groups is 1. The molecule has 0 aromatic carbocycles. The molecule has 2 rings (SSSR count). The van der Waals surface area contributed by atoms with Crippen molar-refractivity contribution in [2.45, 2.75) is 33.6 Å². The molecule has 21 heavy (non-hydrogen) atoms. The molecule has 0 aliphatic carbocycles. The Kier molecular flexibility index (Phi) is 4.86. The van der Waals surface area contributed by atoms with Crippen LogP contribution in [-0.2, 0) is 4.74 Å². The Morgan fingerprint density at radius 3 is 2.95 bits per heavy atom. The smallest absolute Gasteiger partial charge is 0.341 e. The van der Waals surface area contributed by atoms with Crippen molar-refractivity contribution in [2.75, 3.05) is 12.0 Å². The Balaban J connectivity index is 2.34. The molecule has 0 saturated carbocycles. The van der Waals surface area contributed by atoms with Crippen molar-refractivity contribution in [1.82, 2.24) is 15.2 Å². The molecular formula is C14H19N5O2. The minimum absolute atomic E-state index is 0.352. The Bertz CT molecular complexity index is 658. The third-order valence-electron chi connectivity index (χ3n) is 2.82. The maximum atomic E-state index is 12.2. The van der Waals surface area contributed by atoms with E-state index < -0.39 is 5.97 Å². The van der Waals surface area contributed by atoms with Crippen LogP contribution in [0.2, 0.25) is 0 Å². The van der Waals surface area contributed by atoms with Crippen LogP contribution in [0.4, 0.5) is 5.69 Å². The lowest BCUT2D eigenvalue weighted by atomic mass is 10.2. The van der Waals surface area contributed by atoms with Crippen LogP contribution in [0, 0.1) is 0 Å². The topological polar surface area (TPSA) is 92.3 Å². The van der Waals surface area contributed by atoms with Gasteiger partial charge in [-0.25, -0.2) is 9.78 Å². The van der Waals surface area contributed by atoms with E-state index in [0.717, 1.165) is 18.6 Å². The monoisotopic (exact) mass is 289 g/mol. The lowest BCUT2D eigenvalue weighted by Crippen LogP contribution is -2.10. The molecular weight excluding hydrogens is 270 g/mol. The lowest BCUT2D eigenvalue weighted by molar-refractivity contribution is 0.0500. The zero-order chi connectivity index (χ0) is 15.2. The van der Waals surface area contributed by atoms with Gasteiger partial charge in [-0.3, -0.25) is 10.5 Å². The molecule has 0 unspecified atom stereocenters. The first-order chi connectivity index (χ1) is 10.1. The van der Waals surface area contributed by atoms with E-state index in [1.807, 2.05) is 20.8 Å². The highest BCUT2D eigenvalue weighted by Gasteiger charge is 2.17. The molecule has 7 nitrogen and oxygen atoms in total. The Morgan fingerprint density at radius 2 is 2.24 bits per heavy atom. The first-order valence-electron chi connectivity index (χ1n) is 6.89. The van der Waals surface area contributed by atoms with E-state index >= 15 is 0 Å². The van der Waals surface area contributed by atoms with Gasteiger partial charge >= 0.3 is 5.97 Å². The number of nitrogens with zero attached hydrogens (tertiary/aromatic N) is 3. The van der Waals surface area contributed by atoms with Gasteiger partial charge < -0.3 is 4.74 Å². The fraction of sp³-hybridized carbons (Fsp3) is 0.429. The van der Waals surface area contributed by atoms with Crippen molar-refractivity contribution in [3.8, 4) is 0 Å². The number of ether oxygens (including phenoxy) is 1. The van der Waals surface area contributed by atoms with Gasteiger partial charge in [-0.15, -0.1) is 0 Å². The number of carbonyl (C=O) groups is 1. The van der Waals surface area contributed by atoms with Crippen molar-refractivity contribution in [3.05, 3.63) is 18.0 Å². The van der Waals surface area contributed by atoms with Crippen LogP contribution >= 0.6 is 0 Å². The Hall–Kier alpha value is -2.44. The van der Waals surface area contributed by atoms with Gasteiger partial charge in [0, 0.05) is 11.9 Å². The molecule has 0 amide bonds. The van der Waals surface area contributed by atoms with E-state index in [9.17, 15) is 4.79 Å². The molecule has 0 atom stereocenters. The van der Waals surface area contributed by atoms with Gasteiger partial charge in [0.05, 0.1) is 23.9 Å². The number of hydrogen-bond donors (Lipinski definition) is 2. The summed E-state index contributed by atoms with van der Waals surface area (Å²) in [6.07, 6.45) is 4.88. The zero-order valence-electron chi connectivity index (χ0n) is 12.4. The highest BCUT2D eigenvalue weighted by molar-refractivity contribution is 6.04. The number of anilines is 1. The van der Waals surface area contributed by atoms with Gasteiger partial charge in [0.1, 0.15) is 5.56 Å². The van der Waals surface area contributed by atoms with Crippen molar-refractivity contribution in [2.24, 2.45) is 5.10 Å². The molecule has 112 valence electrons. The second kappa shape index (κ2) is 6.83. The standard InChI is InChI=1S/C14H19N5O2/c1-4-5-6-21-14(20)11-7-15-13-10(8-16-19-13)12(11)18-17-9(2)3/h7-8H,4-6H2,1-3H3,(H2,15,16,18,19). The normalized spacial score (nSPS) is 10.4. The van der Waals surface area contributed by atoms with E-state index in [1.165, 1.54) is 6.20 Å². The minimum Gasteiger partial charge on any atom is -0.462 e. The number of fused-ring (bicyclic) bond motifs is 1. The van der Waals surface area contributed by atoms with Gasteiger partial charge in [-0.05, 0) is 20.3 Å². The molecule has 7 heteroatoms. The third kappa shape index (κ3) is 3.56. The van der Waals surface area contributed by atoms with Crippen LogP contribution in [0.3, 0.4) is 0 Å². The summed E-state index contributed by atoms with van der Waals surface area (Å²) in [5, 5.41) is 11.6. The SMILES string of the molecule is CCCCOC(=O)c1cnc2[nH]ncc2c1NN=C(C)C. The molecule has 0 radical (unpaired) electrons. The van der Waals surface area contributed by atoms with Gasteiger partial charge in [0.15, 0.2) is 5.65 Å². The predicted molar refractivity (Wildman–Crippen MR) is 81.5 cm³/mol. The number of rotatable bonds is 6. The molecule has 2 aromatic heterocycles. The summed E-state index contributed by atoms with van der Waals surface area (Å²) in [5.74, 6) is -0.412. The van der Waals surface area contributed by atoms with Crippen LogP contribution < -0.4 is 5.43 Å². The minimum atomic E-state index is -0.412. The van der Waals surface area contributed by atoms with Crippen LogP contribution in [0.1, 0.15) is 44.0 Å². The second-order valence-electron chi connectivity index (χ2n) is 4.84. The number of esters is 1. The number of hydrogen-bond acceptors (Lipinski definition) is 6. The highest BCUT2D eigenvalue weighted by Crippen LogP contribution is 2.25. The zero-order valence-corrected chi connectivity index (χ0v) is 12.4. The number of aromatic amines is 1. The highest BCUT2D eigenvalue weighted by atomic mass is 16.5. The third-order valence-corrected chi connectivity index (χ3v) is 2.82. The number of unbranched alkanes of at least 4 members (excludes halogenated alkanes) is 1. The average Bonchev–Trinajstić information content (AvgIpc) is 2.93. The van der Waals surface area contributed by atoms with Gasteiger partial charge in [0.25, 0.3) is 0 Å². The summed E-state index contributed by atoms with van der Waals surface area (Å²) >= 11 is 0. The number of carbonyl (C=O) groups excluding carboxylic acids is 1. The second-order valence-corrected chi connectivity index (χ2v) is 4.84. The fourth-order valence-electron chi connectivity index (χ4n) is 1.73. The maximum Gasteiger partial charge on any atom is 0.341 e. The molecule has 0 bridgehead atoms. The van der Waals surface area contributed by atoms with Gasteiger partial charge in [-0.1, -0.05) is 13.3 Å². The van der Waals surface area contributed by atoms with Gasteiger partial charge in [0.2, 0.25) is 0 Å². The van der Waals surface area contributed by atoms with Crippen LogP contribution in [0.5, 0.6) is 0 Å². The van der Waals surface area contributed by atoms with E-state index in [4.69, 9.17) is 4.74 Å². The first-order valence-corrected chi connectivity index (χ1v) is 6.89. The molecule has 0 spiro atoms. The molecule has 0 fully saturated rings. The number of nitrogens with one attached hydrogen (secondary N) is 2. The van der Waals surface area contributed by atoms with Crippen molar-refractivity contribution >= 4 is 28.4 Å². The van der Waals surface area contributed by atoms with E-state index in [0.29, 0.717) is 28.9 Å². The van der Waals surface area contributed by atoms with Crippen LogP contribution in [0.25, 0.3) is 11.0 Å². The largest absolute Gasteiger partial charge is 0.462 e. The van der Waals surface area contributed by atoms with E-state index in [1.54, 1.807) is 6.20 Å². The van der Waals surface area contributed by atoms with Crippen LogP contribution in [-0.4, -0.2) is 33.5 Å². The summed E-state index contributed by atoms with van der Waals surface area (Å²) in [4.78, 5) is 16.3. The summed E-state index contributed by atoms with van der Waals surface area (Å²) < 4.78 is 5.24. The molecule has 0 aliphatic heterocycles. The summed E-state index contributed by atoms with van der Waals surface area (Å²) in [6.45, 7) is 6.16. The summed E-state index contributed by atoms with van der Waals surface area (Å²) in [6, 6.07) is 0. The molecule has 0 aliphatic rings. The molecule has 2 aromatic rings. The maximum absolute atomic E-state index is 12.2. The average molecular weight is 289 g/mol. The first kappa shape index (κ1) is 15.0. The molecule has 2 heterocycles. The number of aromatic nitrogens is 3. The van der Waals surface area contributed by atoms with E-state index in [-0.39, 0.29) is 0 Å². The Labute approximate surface area is 122 Å². The van der Waals surface area contributed by atoms with Gasteiger partial charge in [-0.2, -0.15) is 10.2 Å². The Morgan fingerprint density at radius 1 is 1.43 bits per heavy atom. The molecule has 2 N–H and O–H groups in total. The van der Waals surface area contributed by atoms with E-state index in [2.05, 4.69) is 25.7 Å². The number of pyridine rings is 1. The lowest BCUT2D eigenvalue weighted by Gasteiger charge is -2.09. The van der Waals surface area contributed by atoms with Crippen molar-refractivity contribution in [3.63, 3.8) is 0 Å². The number of H-pyrrole nitrogens is 1. The summed E-state index contributed by atoms with van der Waals surface area (Å²) in [7, 11) is 0. The summed E-state index contributed by atoms with van der Waals surface area (Å²) in [5.41, 5.74) is 5.24. The van der Waals surface area contributed by atoms with Crippen molar-refractivity contribution in [1.29, 1.82) is 0 Å². The molecule has 0 saturated heterocycles. The quantitative estimate of drug-likeness (QED) is 0.369.